The summed E-state index contributed by atoms with van der Waals surface area (Å²) in [6.45, 7) is 0. The van der Waals surface area contributed by atoms with Crippen LogP contribution in [0.5, 0.6) is 5.88 Å². The van der Waals surface area contributed by atoms with Crippen LogP contribution in [-0.2, 0) is 0 Å². The third-order valence-electron chi connectivity index (χ3n) is 2.36. The summed E-state index contributed by atoms with van der Waals surface area (Å²) in [4.78, 5) is 0. The zero-order valence-corrected chi connectivity index (χ0v) is 8.10. The highest BCUT2D eigenvalue weighted by atomic mass is 16.5. The first-order chi connectivity index (χ1) is 7.40. The lowest BCUT2D eigenvalue weighted by Crippen LogP contribution is -1.89. The number of aromatic nitrogens is 2. The first-order valence-electron chi connectivity index (χ1n) is 4.57. The third-order valence-corrected chi connectivity index (χ3v) is 2.36. The first kappa shape index (κ1) is 8.23. The number of methoxy groups -OCH3 is 1. The Kier molecular flexibility index (Phi) is 1.62. The van der Waals surface area contributed by atoms with Crippen molar-refractivity contribution >= 4 is 21.9 Å². The van der Waals surface area contributed by atoms with E-state index < -0.39 is 0 Å². The lowest BCUT2D eigenvalue weighted by molar-refractivity contribution is 0.390. The fourth-order valence-corrected chi connectivity index (χ4v) is 1.67. The molecule has 0 aliphatic carbocycles. The number of ether oxygens (including phenoxy) is 1. The number of nitrogens with zero attached hydrogens (tertiary/aromatic N) is 2. The molecular formula is C11H8N2O2. The molecule has 15 heavy (non-hydrogen) atoms. The minimum Gasteiger partial charge on any atom is -0.477 e. The van der Waals surface area contributed by atoms with E-state index >= 15 is 0 Å². The van der Waals surface area contributed by atoms with E-state index in [0.717, 1.165) is 16.4 Å². The first-order valence-corrected chi connectivity index (χ1v) is 4.57. The number of fused-ring (bicyclic) bond motifs is 3. The largest absolute Gasteiger partial charge is 0.477 e. The van der Waals surface area contributed by atoms with Crippen LogP contribution in [0.15, 0.2) is 34.9 Å². The fourth-order valence-electron chi connectivity index (χ4n) is 1.67. The van der Waals surface area contributed by atoms with Gasteiger partial charge in [0.15, 0.2) is 0 Å². The average Bonchev–Trinajstić information content (AvgIpc) is 2.67. The third kappa shape index (κ3) is 1.08. The highest BCUT2D eigenvalue weighted by Crippen LogP contribution is 2.31. The molecule has 1 aromatic carbocycles. The second-order valence-corrected chi connectivity index (χ2v) is 3.19. The maximum Gasteiger partial charge on any atom is 0.277 e. The molecule has 4 nitrogen and oxygen atoms in total. The minimum absolute atomic E-state index is 0.420. The molecule has 2 heterocycles. The molecule has 0 bridgehead atoms. The second kappa shape index (κ2) is 2.95. The van der Waals surface area contributed by atoms with Crippen LogP contribution < -0.4 is 4.74 Å². The zero-order valence-electron chi connectivity index (χ0n) is 8.10. The van der Waals surface area contributed by atoms with E-state index in [1.807, 2.05) is 24.3 Å². The van der Waals surface area contributed by atoms with E-state index in [1.165, 1.54) is 0 Å². The molecule has 0 unspecified atom stereocenters. The molecule has 0 fully saturated rings. The van der Waals surface area contributed by atoms with Gasteiger partial charge >= 0.3 is 0 Å². The van der Waals surface area contributed by atoms with Crippen LogP contribution in [0.3, 0.4) is 0 Å². The maximum absolute atomic E-state index is 5.65. The van der Waals surface area contributed by atoms with E-state index in [-0.39, 0.29) is 0 Å². The van der Waals surface area contributed by atoms with Crippen molar-refractivity contribution < 1.29 is 9.15 Å². The Morgan fingerprint density at radius 2 is 2.07 bits per heavy atom. The lowest BCUT2D eigenvalue weighted by atomic mass is 10.2. The molecular weight excluding hydrogens is 192 g/mol. The summed E-state index contributed by atoms with van der Waals surface area (Å²) >= 11 is 0. The monoisotopic (exact) mass is 200 g/mol. The molecule has 0 saturated carbocycles. The fraction of sp³-hybridized carbons (Fsp3) is 0.0909. The smallest absolute Gasteiger partial charge is 0.277 e. The number of hydrogen-bond acceptors (Lipinski definition) is 4. The summed E-state index contributed by atoms with van der Waals surface area (Å²) in [7, 11) is 1.55. The summed E-state index contributed by atoms with van der Waals surface area (Å²) < 4.78 is 10.7. The molecule has 0 N–H and O–H groups in total. The number of rotatable bonds is 1. The Morgan fingerprint density at radius 1 is 1.20 bits per heavy atom. The van der Waals surface area contributed by atoms with E-state index in [2.05, 4.69) is 10.2 Å². The number of furan rings is 1. The molecule has 2 aromatic heterocycles. The van der Waals surface area contributed by atoms with E-state index in [9.17, 15) is 0 Å². The van der Waals surface area contributed by atoms with Crippen LogP contribution in [0.4, 0.5) is 0 Å². The van der Waals surface area contributed by atoms with Gasteiger partial charge in [0.05, 0.1) is 18.7 Å². The van der Waals surface area contributed by atoms with Crippen LogP contribution in [0.25, 0.3) is 21.9 Å². The molecule has 3 rings (SSSR count). The summed E-state index contributed by atoms with van der Waals surface area (Å²) in [5, 5.41) is 9.68. The summed E-state index contributed by atoms with van der Waals surface area (Å²) in [6.07, 6.45) is 1.68. The van der Waals surface area contributed by atoms with Gasteiger partial charge in [0.25, 0.3) is 5.88 Å². The van der Waals surface area contributed by atoms with Gasteiger partial charge in [0.2, 0.25) is 5.58 Å². The van der Waals surface area contributed by atoms with Crippen LogP contribution in [0.1, 0.15) is 0 Å². The highest BCUT2D eigenvalue weighted by Gasteiger charge is 2.11. The molecule has 0 aliphatic rings. The molecule has 0 aliphatic heterocycles. The number of hydrogen-bond donors (Lipinski definition) is 0. The number of benzene rings is 1. The summed E-state index contributed by atoms with van der Waals surface area (Å²) in [5.74, 6) is 0.420. The van der Waals surface area contributed by atoms with Gasteiger partial charge in [-0.2, -0.15) is 5.10 Å². The molecule has 3 aromatic rings. The quantitative estimate of drug-likeness (QED) is 0.605. The molecule has 0 spiro atoms. The lowest BCUT2D eigenvalue weighted by Gasteiger charge is -1.95. The molecule has 0 atom stereocenters. The SMILES string of the molecule is COc1nncc2c1oc1ccccc12. The van der Waals surface area contributed by atoms with Crippen molar-refractivity contribution in [3.05, 3.63) is 30.5 Å². The summed E-state index contributed by atoms with van der Waals surface area (Å²) in [6, 6.07) is 7.79. The van der Waals surface area contributed by atoms with E-state index in [4.69, 9.17) is 9.15 Å². The van der Waals surface area contributed by atoms with Gasteiger partial charge in [0.1, 0.15) is 5.58 Å². The van der Waals surface area contributed by atoms with E-state index in [0.29, 0.717) is 11.5 Å². The Labute approximate surface area is 85.5 Å². The average molecular weight is 200 g/mol. The Balaban J connectivity index is 2.53. The van der Waals surface area contributed by atoms with Crippen molar-refractivity contribution in [2.45, 2.75) is 0 Å². The van der Waals surface area contributed by atoms with Crippen molar-refractivity contribution in [3.8, 4) is 5.88 Å². The topological polar surface area (TPSA) is 48.2 Å². The van der Waals surface area contributed by atoms with Gasteiger partial charge in [-0.3, -0.25) is 0 Å². The summed E-state index contributed by atoms with van der Waals surface area (Å²) in [5.41, 5.74) is 1.47. The van der Waals surface area contributed by atoms with Gasteiger partial charge in [-0.1, -0.05) is 18.2 Å². The molecule has 74 valence electrons. The van der Waals surface area contributed by atoms with Crippen molar-refractivity contribution in [1.29, 1.82) is 0 Å². The predicted molar refractivity (Wildman–Crippen MR) is 55.9 cm³/mol. The van der Waals surface area contributed by atoms with Gasteiger partial charge in [-0.25, -0.2) is 0 Å². The Bertz CT molecular complexity index is 631. The highest BCUT2D eigenvalue weighted by molar-refractivity contribution is 6.05. The van der Waals surface area contributed by atoms with Crippen molar-refractivity contribution in [3.63, 3.8) is 0 Å². The second-order valence-electron chi connectivity index (χ2n) is 3.19. The van der Waals surface area contributed by atoms with Crippen LogP contribution >= 0.6 is 0 Å². The molecule has 0 radical (unpaired) electrons. The van der Waals surface area contributed by atoms with Gasteiger partial charge < -0.3 is 9.15 Å². The van der Waals surface area contributed by atoms with Crippen LogP contribution in [0.2, 0.25) is 0 Å². The number of para-hydroxylation sites is 1. The van der Waals surface area contributed by atoms with Crippen LogP contribution in [0, 0.1) is 0 Å². The standard InChI is InChI=1S/C11H8N2O2/c1-14-11-10-8(6-12-13-11)7-4-2-3-5-9(7)15-10/h2-6H,1H3. The molecule has 0 saturated heterocycles. The van der Waals surface area contributed by atoms with Gasteiger partial charge in [0, 0.05) is 5.39 Å². The van der Waals surface area contributed by atoms with Gasteiger partial charge in [-0.15, -0.1) is 5.10 Å². The zero-order chi connectivity index (χ0) is 10.3. The van der Waals surface area contributed by atoms with Crippen molar-refractivity contribution in [2.75, 3.05) is 7.11 Å². The predicted octanol–water partition coefficient (Wildman–Crippen LogP) is 2.38. The van der Waals surface area contributed by atoms with Crippen molar-refractivity contribution in [1.82, 2.24) is 10.2 Å². The molecule has 4 heteroatoms. The Hall–Kier alpha value is -2.10. The normalized spacial score (nSPS) is 11.0. The minimum atomic E-state index is 0.420. The van der Waals surface area contributed by atoms with Crippen molar-refractivity contribution in [2.24, 2.45) is 0 Å². The Morgan fingerprint density at radius 3 is 2.93 bits per heavy atom. The van der Waals surface area contributed by atoms with Gasteiger partial charge in [-0.05, 0) is 6.07 Å². The van der Waals surface area contributed by atoms with E-state index in [1.54, 1.807) is 13.3 Å². The maximum atomic E-state index is 5.65. The molecule has 0 amide bonds. The van der Waals surface area contributed by atoms with Crippen LogP contribution in [-0.4, -0.2) is 17.3 Å².